The molecule has 1 aliphatic rings. The molecule has 0 radical (unpaired) electrons. The van der Waals surface area contributed by atoms with Crippen LogP contribution in [0.4, 0.5) is 17.6 Å². The van der Waals surface area contributed by atoms with Gasteiger partial charge >= 0.3 is 6.18 Å². The minimum absolute atomic E-state index is 0.332. The van der Waals surface area contributed by atoms with Crippen LogP contribution in [-0.2, 0) is 4.79 Å². The van der Waals surface area contributed by atoms with Crippen molar-refractivity contribution in [3.8, 4) is 0 Å². The Bertz CT molecular complexity index is 327. The molecule has 0 N–H and O–H groups in total. The number of hydrogen-bond acceptors (Lipinski definition) is 2. The van der Waals surface area contributed by atoms with Crippen LogP contribution in [0.1, 0.15) is 0 Å². The van der Waals surface area contributed by atoms with Crippen LogP contribution in [0.3, 0.4) is 0 Å². The highest BCUT2D eigenvalue weighted by Gasteiger charge is 2.59. The second-order valence-corrected chi connectivity index (χ2v) is 2.68. The Labute approximate surface area is 76.6 Å². The normalized spacial score (nSPS) is 31.3. The first-order chi connectivity index (χ1) is 6.42. The van der Waals surface area contributed by atoms with E-state index in [0.717, 1.165) is 18.2 Å². The molecule has 2 atom stereocenters. The molecule has 0 aromatic heterocycles. The van der Waals surface area contributed by atoms with Crippen LogP contribution in [0.25, 0.3) is 0 Å². The van der Waals surface area contributed by atoms with E-state index in [1.165, 1.54) is 6.08 Å². The molecular weight excluding hydrogens is 202 g/mol. The fraction of sp³-hybridized carbons (Fsp3) is 0.375. The van der Waals surface area contributed by atoms with Gasteiger partial charge in [-0.2, -0.15) is 18.2 Å². The molecule has 0 bridgehead atoms. The number of nitrogens with zero attached hydrogens (tertiary/aromatic N) is 1. The topological polar surface area (TPSA) is 29.4 Å². The predicted octanol–water partition coefficient (Wildman–Crippen LogP) is 2.09. The molecule has 0 spiro atoms. The Balaban J connectivity index is 3.12. The summed E-state index contributed by atoms with van der Waals surface area (Å²) in [6, 6.07) is -1.88. The van der Waals surface area contributed by atoms with E-state index < -0.39 is 17.9 Å². The lowest BCUT2D eigenvalue weighted by Crippen LogP contribution is -2.48. The standard InChI is InChI=1S/C8H5F4NO/c9-7(8(10,11)12)4-2-1-3-6(7)13-5-14/h1-4,6H. The molecule has 0 fully saturated rings. The van der Waals surface area contributed by atoms with Gasteiger partial charge in [-0.05, 0) is 6.08 Å². The van der Waals surface area contributed by atoms with Gasteiger partial charge in [0, 0.05) is 0 Å². The zero-order chi connectivity index (χ0) is 10.8. The minimum Gasteiger partial charge on any atom is -0.226 e. The highest BCUT2D eigenvalue weighted by Crippen LogP contribution is 2.41. The summed E-state index contributed by atoms with van der Waals surface area (Å²) in [5.74, 6) is 0. The van der Waals surface area contributed by atoms with Crippen LogP contribution in [0, 0.1) is 0 Å². The van der Waals surface area contributed by atoms with Gasteiger partial charge in [0.05, 0.1) is 0 Å². The maximum absolute atomic E-state index is 13.4. The second-order valence-electron chi connectivity index (χ2n) is 2.68. The number of aliphatic imine (C=N–C) groups is 1. The lowest BCUT2D eigenvalue weighted by molar-refractivity contribution is -0.214. The van der Waals surface area contributed by atoms with Crippen molar-refractivity contribution in [2.45, 2.75) is 17.9 Å². The van der Waals surface area contributed by atoms with E-state index >= 15 is 0 Å². The van der Waals surface area contributed by atoms with E-state index in [1.807, 2.05) is 0 Å². The van der Waals surface area contributed by atoms with Gasteiger partial charge in [-0.3, -0.25) is 0 Å². The van der Waals surface area contributed by atoms with Crippen LogP contribution in [0.2, 0.25) is 0 Å². The predicted molar refractivity (Wildman–Crippen MR) is 40.1 cm³/mol. The zero-order valence-electron chi connectivity index (χ0n) is 6.75. The number of carbonyl (C=O) groups excluding carboxylic acids is 1. The van der Waals surface area contributed by atoms with Gasteiger partial charge in [-0.25, -0.2) is 9.18 Å². The molecule has 2 unspecified atom stereocenters. The molecule has 1 aliphatic carbocycles. The molecule has 1 rings (SSSR count). The number of isocyanates is 1. The van der Waals surface area contributed by atoms with Gasteiger partial charge in [0.2, 0.25) is 11.7 Å². The molecule has 14 heavy (non-hydrogen) atoms. The lowest BCUT2D eigenvalue weighted by Gasteiger charge is -2.29. The Morgan fingerprint density at radius 2 is 2.00 bits per heavy atom. The van der Waals surface area contributed by atoms with Gasteiger partial charge < -0.3 is 0 Å². The third kappa shape index (κ3) is 1.61. The Kier molecular flexibility index (Phi) is 2.57. The average Bonchev–Trinajstić information content (AvgIpc) is 2.07. The molecule has 2 nitrogen and oxygen atoms in total. The number of hydrogen-bond donors (Lipinski definition) is 0. The summed E-state index contributed by atoms with van der Waals surface area (Å²) < 4.78 is 50.1. The van der Waals surface area contributed by atoms with Crippen molar-refractivity contribution in [3.05, 3.63) is 24.3 Å². The minimum atomic E-state index is -5.10. The molecule has 0 aromatic carbocycles. The van der Waals surface area contributed by atoms with Crippen molar-refractivity contribution in [1.29, 1.82) is 0 Å². The third-order valence-electron chi connectivity index (χ3n) is 1.80. The van der Waals surface area contributed by atoms with Crippen molar-refractivity contribution in [2.75, 3.05) is 0 Å². The molecule has 76 valence electrons. The number of alkyl halides is 4. The van der Waals surface area contributed by atoms with E-state index in [4.69, 9.17) is 0 Å². The lowest BCUT2D eigenvalue weighted by atomic mass is 9.91. The van der Waals surface area contributed by atoms with Crippen LogP contribution in [0.5, 0.6) is 0 Å². The summed E-state index contributed by atoms with van der Waals surface area (Å²) in [4.78, 5) is 12.6. The van der Waals surface area contributed by atoms with Crippen LogP contribution in [0.15, 0.2) is 29.3 Å². The van der Waals surface area contributed by atoms with Gasteiger partial charge in [0.1, 0.15) is 6.04 Å². The van der Waals surface area contributed by atoms with Gasteiger partial charge in [0.25, 0.3) is 0 Å². The van der Waals surface area contributed by atoms with E-state index in [1.54, 1.807) is 0 Å². The fourth-order valence-corrected chi connectivity index (χ4v) is 1.06. The van der Waals surface area contributed by atoms with Gasteiger partial charge in [-0.1, -0.05) is 18.2 Å². The van der Waals surface area contributed by atoms with Crippen molar-refractivity contribution in [3.63, 3.8) is 0 Å². The SMILES string of the molecule is O=C=NC1C=CC=CC1(F)C(F)(F)F. The first-order valence-corrected chi connectivity index (χ1v) is 3.60. The fourth-order valence-electron chi connectivity index (χ4n) is 1.06. The second kappa shape index (κ2) is 3.38. The third-order valence-corrected chi connectivity index (χ3v) is 1.80. The number of allylic oxidation sites excluding steroid dienone is 2. The smallest absolute Gasteiger partial charge is 0.226 e. The molecule has 6 heteroatoms. The van der Waals surface area contributed by atoms with E-state index in [0.29, 0.717) is 6.08 Å². The zero-order valence-corrected chi connectivity index (χ0v) is 6.75. The molecular formula is C8H5F4NO. The maximum atomic E-state index is 13.4. The Morgan fingerprint density at radius 3 is 2.50 bits per heavy atom. The van der Waals surface area contributed by atoms with E-state index in [9.17, 15) is 22.4 Å². The molecule has 0 aromatic rings. The summed E-state index contributed by atoms with van der Waals surface area (Å²) >= 11 is 0. The number of rotatable bonds is 1. The van der Waals surface area contributed by atoms with Gasteiger partial charge in [0.15, 0.2) is 0 Å². The number of halogens is 4. The summed E-state index contributed by atoms with van der Waals surface area (Å²) in [5.41, 5.74) is -3.61. The van der Waals surface area contributed by atoms with Crippen LogP contribution < -0.4 is 0 Å². The molecule has 0 saturated heterocycles. The van der Waals surface area contributed by atoms with Crippen molar-refractivity contribution >= 4 is 6.08 Å². The Hall–Kier alpha value is -1.42. The molecule has 0 saturated carbocycles. The van der Waals surface area contributed by atoms with Crippen molar-refractivity contribution in [2.24, 2.45) is 4.99 Å². The summed E-state index contributed by atoms with van der Waals surface area (Å²) in [5, 5.41) is 0. The summed E-state index contributed by atoms with van der Waals surface area (Å²) in [7, 11) is 0. The monoisotopic (exact) mass is 207 g/mol. The first-order valence-electron chi connectivity index (χ1n) is 3.60. The van der Waals surface area contributed by atoms with E-state index in [2.05, 4.69) is 4.99 Å². The van der Waals surface area contributed by atoms with Gasteiger partial charge in [-0.15, -0.1) is 0 Å². The molecule has 0 heterocycles. The first kappa shape index (κ1) is 10.7. The summed E-state index contributed by atoms with van der Waals surface area (Å²) in [6.07, 6.45) is -0.882. The largest absolute Gasteiger partial charge is 0.428 e. The van der Waals surface area contributed by atoms with Crippen molar-refractivity contribution in [1.82, 2.24) is 0 Å². The summed E-state index contributed by atoms with van der Waals surface area (Å²) in [6.45, 7) is 0. The Morgan fingerprint density at radius 1 is 1.36 bits per heavy atom. The molecule has 0 amide bonds. The van der Waals surface area contributed by atoms with Crippen LogP contribution >= 0.6 is 0 Å². The highest BCUT2D eigenvalue weighted by molar-refractivity contribution is 5.38. The van der Waals surface area contributed by atoms with E-state index in [-0.39, 0.29) is 0 Å². The average molecular weight is 207 g/mol. The van der Waals surface area contributed by atoms with Crippen molar-refractivity contribution < 1.29 is 22.4 Å². The molecule has 0 aliphatic heterocycles. The maximum Gasteiger partial charge on any atom is 0.428 e. The van der Waals surface area contributed by atoms with Crippen LogP contribution in [-0.4, -0.2) is 24.0 Å². The quantitative estimate of drug-likeness (QED) is 0.367. The highest BCUT2D eigenvalue weighted by atomic mass is 19.4.